The lowest BCUT2D eigenvalue weighted by Crippen LogP contribution is -2.34. The van der Waals surface area contributed by atoms with Gasteiger partial charge < -0.3 is 10.8 Å². The van der Waals surface area contributed by atoms with Crippen LogP contribution >= 0.6 is 0 Å². The zero-order chi connectivity index (χ0) is 12.3. The van der Waals surface area contributed by atoms with Gasteiger partial charge in [-0.15, -0.1) is 0 Å². The van der Waals surface area contributed by atoms with E-state index >= 15 is 0 Å². The van der Waals surface area contributed by atoms with Crippen LogP contribution in [-0.2, 0) is 4.79 Å². The Kier molecular flexibility index (Phi) is 4.18. The predicted molar refractivity (Wildman–Crippen MR) is 51.7 cm³/mol. The molecule has 0 aliphatic heterocycles. The molecule has 16 heavy (non-hydrogen) atoms. The lowest BCUT2D eigenvalue weighted by atomic mass is 9.79. The monoisotopic (exact) mass is 239 g/mol. The van der Waals surface area contributed by atoms with Crippen molar-refractivity contribution in [3.05, 3.63) is 0 Å². The smallest absolute Gasteiger partial charge is 0.391 e. The van der Waals surface area contributed by atoms with Crippen molar-refractivity contribution in [3.8, 4) is 0 Å². The fraction of sp³-hybridized carbons (Fsp3) is 0.900. The Bertz CT molecular complexity index is 247. The topological polar surface area (TPSA) is 63.3 Å². The van der Waals surface area contributed by atoms with Crippen LogP contribution in [0, 0.1) is 11.8 Å². The second-order valence-corrected chi connectivity index (χ2v) is 4.44. The number of hydrogen-bond acceptors (Lipinski definition) is 2. The number of alkyl halides is 3. The minimum absolute atomic E-state index is 0.0182. The number of carbonyl (C=O) groups is 1. The highest BCUT2D eigenvalue weighted by Gasteiger charge is 2.41. The average Bonchev–Trinajstić information content (AvgIpc) is 2.17. The Morgan fingerprint density at radius 2 is 1.81 bits per heavy atom. The summed E-state index contributed by atoms with van der Waals surface area (Å²) in [5.74, 6) is -2.28. The molecule has 0 aromatic carbocycles. The molecular weight excluding hydrogens is 223 g/mol. The molecule has 94 valence electrons. The van der Waals surface area contributed by atoms with Crippen molar-refractivity contribution in [1.82, 2.24) is 0 Å². The van der Waals surface area contributed by atoms with Crippen LogP contribution in [0.3, 0.4) is 0 Å². The third-order valence-electron chi connectivity index (χ3n) is 3.21. The number of aliphatic carboxylic acids is 1. The molecule has 6 heteroatoms. The fourth-order valence-electron chi connectivity index (χ4n) is 2.19. The number of rotatable bonds is 3. The van der Waals surface area contributed by atoms with Crippen molar-refractivity contribution >= 4 is 5.97 Å². The Balaban J connectivity index is 2.35. The maximum absolute atomic E-state index is 12.3. The van der Waals surface area contributed by atoms with Crippen LogP contribution in [0.2, 0.25) is 0 Å². The third kappa shape index (κ3) is 3.66. The first-order valence-electron chi connectivity index (χ1n) is 5.35. The van der Waals surface area contributed by atoms with Gasteiger partial charge in [0.2, 0.25) is 0 Å². The summed E-state index contributed by atoms with van der Waals surface area (Å²) in [5, 5.41) is 8.59. The first-order valence-corrected chi connectivity index (χ1v) is 5.35. The fourth-order valence-corrected chi connectivity index (χ4v) is 2.19. The van der Waals surface area contributed by atoms with E-state index in [9.17, 15) is 18.0 Å². The first kappa shape index (κ1) is 13.3. The van der Waals surface area contributed by atoms with Crippen molar-refractivity contribution in [2.75, 3.05) is 0 Å². The highest BCUT2D eigenvalue weighted by Crippen LogP contribution is 2.40. The van der Waals surface area contributed by atoms with Crippen LogP contribution in [0.4, 0.5) is 13.2 Å². The van der Waals surface area contributed by atoms with E-state index in [0.717, 1.165) is 0 Å². The van der Waals surface area contributed by atoms with Crippen molar-refractivity contribution in [1.29, 1.82) is 0 Å². The van der Waals surface area contributed by atoms with Gasteiger partial charge in [0.1, 0.15) is 6.04 Å². The van der Waals surface area contributed by atoms with Gasteiger partial charge in [-0.25, -0.2) is 0 Å². The molecule has 0 saturated heterocycles. The van der Waals surface area contributed by atoms with Crippen molar-refractivity contribution in [3.63, 3.8) is 0 Å². The molecule has 1 aliphatic rings. The number of carboxylic acids is 1. The molecule has 3 N–H and O–H groups in total. The molecular formula is C10H16F3NO2. The van der Waals surface area contributed by atoms with Gasteiger partial charge in [0.25, 0.3) is 0 Å². The Morgan fingerprint density at radius 3 is 2.19 bits per heavy atom. The molecule has 1 fully saturated rings. The normalized spacial score (nSPS) is 28.8. The number of carboxylic acid groups (broad SMARTS) is 1. The number of halogens is 3. The van der Waals surface area contributed by atoms with Crippen LogP contribution < -0.4 is 5.73 Å². The molecule has 0 aromatic rings. The van der Waals surface area contributed by atoms with E-state index in [-0.39, 0.29) is 25.2 Å². The summed E-state index contributed by atoms with van der Waals surface area (Å²) >= 11 is 0. The van der Waals surface area contributed by atoms with Gasteiger partial charge in [0, 0.05) is 0 Å². The summed E-state index contributed by atoms with van der Waals surface area (Å²) in [6.07, 6.45) is -2.79. The lowest BCUT2D eigenvalue weighted by Gasteiger charge is -2.30. The third-order valence-corrected chi connectivity index (χ3v) is 3.21. The van der Waals surface area contributed by atoms with Crippen molar-refractivity contribution < 1.29 is 23.1 Å². The molecule has 0 aromatic heterocycles. The summed E-state index contributed by atoms with van der Waals surface area (Å²) in [7, 11) is 0. The quantitative estimate of drug-likeness (QED) is 0.793. The molecule has 1 saturated carbocycles. The summed E-state index contributed by atoms with van der Waals surface area (Å²) in [6, 6.07) is -0.951. The molecule has 0 amide bonds. The summed E-state index contributed by atoms with van der Waals surface area (Å²) in [4.78, 5) is 10.5. The van der Waals surface area contributed by atoms with Crippen LogP contribution in [0.5, 0.6) is 0 Å². The predicted octanol–water partition coefficient (Wildman–Crippen LogP) is 2.16. The number of hydrogen-bond donors (Lipinski definition) is 2. The molecule has 0 bridgehead atoms. The minimum atomic E-state index is -4.11. The van der Waals surface area contributed by atoms with Gasteiger partial charge >= 0.3 is 12.1 Å². The second-order valence-electron chi connectivity index (χ2n) is 4.44. The zero-order valence-electron chi connectivity index (χ0n) is 8.83. The highest BCUT2D eigenvalue weighted by atomic mass is 19.4. The molecule has 0 heterocycles. The van der Waals surface area contributed by atoms with E-state index in [1.165, 1.54) is 0 Å². The average molecular weight is 239 g/mol. The maximum Gasteiger partial charge on any atom is 0.391 e. The van der Waals surface area contributed by atoms with Gasteiger partial charge in [-0.3, -0.25) is 4.79 Å². The van der Waals surface area contributed by atoms with Crippen molar-refractivity contribution in [2.45, 2.75) is 44.3 Å². The standard InChI is InChI=1S/C10H16F3NO2/c11-10(12,13)7-3-1-6(2-4-7)5-8(14)9(15)16/h6-8H,1-5,14H2,(H,15,16)/t6?,7?,8-/m1/s1. The SMILES string of the molecule is N[C@H](CC1CCC(C(F)(F)F)CC1)C(=O)O. The molecule has 0 unspecified atom stereocenters. The van der Waals surface area contributed by atoms with E-state index in [1.807, 2.05) is 0 Å². The summed E-state index contributed by atoms with van der Waals surface area (Å²) in [6.45, 7) is 0. The van der Waals surface area contributed by atoms with Gasteiger partial charge in [0.15, 0.2) is 0 Å². The van der Waals surface area contributed by atoms with Crippen LogP contribution in [-0.4, -0.2) is 23.3 Å². The van der Waals surface area contributed by atoms with E-state index < -0.39 is 24.1 Å². The van der Waals surface area contributed by atoms with E-state index in [0.29, 0.717) is 12.8 Å². The van der Waals surface area contributed by atoms with E-state index in [4.69, 9.17) is 10.8 Å². The first-order chi connectivity index (χ1) is 7.30. The van der Waals surface area contributed by atoms with E-state index in [1.54, 1.807) is 0 Å². The molecule has 1 aliphatic carbocycles. The van der Waals surface area contributed by atoms with Gasteiger partial charge in [-0.05, 0) is 38.0 Å². The maximum atomic E-state index is 12.3. The van der Waals surface area contributed by atoms with Crippen LogP contribution in [0.15, 0.2) is 0 Å². The summed E-state index contributed by atoms with van der Waals surface area (Å²) < 4.78 is 37.0. The van der Waals surface area contributed by atoms with Crippen LogP contribution in [0.1, 0.15) is 32.1 Å². The Hall–Kier alpha value is -0.780. The van der Waals surface area contributed by atoms with Gasteiger partial charge in [0.05, 0.1) is 5.92 Å². The van der Waals surface area contributed by atoms with Gasteiger partial charge in [-0.1, -0.05) is 0 Å². The second kappa shape index (κ2) is 5.03. The molecule has 0 spiro atoms. The lowest BCUT2D eigenvalue weighted by molar-refractivity contribution is -0.184. The molecule has 3 nitrogen and oxygen atoms in total. The Labute approximate surface area is 91.8 Å². The minimum Gasteiger partial charge on any atom is -0.480 e. The van der Waals surface area contributed by atoms with Crippen molar-refractivity contribution in [2.24, 2.45) is 17.6 Å². The molecule has 0 radical (unpaired) electrons. The molecule has 1 atom stereocenters. The molecule has 1 rings (SSSR count). The van der Waals surface area contributed by atoms with E-state index in [2.05, 4.69) is 0 Å². The summed E-state index contributed by atoms with van der Waals surface area (Å²) in [5.41, 5.74) is 5.35. The largest absolute Gasteiger partial charge is 0.480 e. The van der Waals surface area contributed by atoms with Crippen LogP contribution in [0.25, 0.3) is 0 Å². The number of nitrogens with two attached hydrogens (primary N) is 1. The zero-order valence-corrected chi connectivity index (χ0v) is 8.83. The highest BCUT2D eigenvalue weighted by molar-refractivity contribution is 5.73. The van der Waals surface area contributed by atoms with Gasteiger partial charge in [-0.2, -0.15) is 13.2 Å². The Morgan fingerprint density at radius 1 is 1.31 bits per heavy atom.